The first-order valence-corrected chi connectivity index (χ1v) is 7.52. The molecule has 0 spiro atoms. The predicted octanol–water partition coefficient (Wildman–Crippen LogP) is 2.91. The molecule has 116 valence electrons. The van der Waals surface area contributed by atoms with E-state index in [1.807, 2.05) is 6.07 Å². The maximum atomic E-state index is 12.0. The van der Waals surface area contributed by atoms with Crippen LogP contribution in [0.4, 0.5) is 0 Å². The van der Waals surface area contributed by atoms with Gasteiger partial charge in [0, 0.05) is 0 Å². The first kappa shape index (κ1) is 15.8. The SMILES string of the molecule is CC(CC(O)c1ccc2c(c1)C(=O)NCCO2)C(C)(C)C. The minimum atomic E-state index is -0.569. The molecular weight excluding hydrogens is 266 g/mol. The number of ether oxygens (including phenoxy) is 1. The average Bonchev–Trinajstić information content (AvgIpc) is 2.59. The second kappa shape index (κ2) is 6.06. The van der Waals surface area contributed by atoms with Crippen LogP contribution in [0.2, 0.25) is 0 Å². The van der Waals surface area contributed by atoms with Crippen molar-refractivity contribution in [1.29, 1.82) is 0 Å². The number of rotatable bonds is 3. The highest BCUT2D eigenvalue weighted by Gasteiger charge is 2.25. The molecule has 4 heteroatoms. The van der Waals surface area contributed by atoms with Crippen molar-refractivity contribution in [3.63, 3.8) is 0 Å². The zero-order valence-electron chi connectivity index (χ0n) is 13.3. The number of fused-ring (bicyclic) bond motifs is 1. The summed E-state index contributed by atoms with van der Waals surface area (Å²) >= 11 is 0. The number of hydrogen-bond acceptors (Lipinski definition) is 3. The van der Waals surface area contributed by atoms with E-state index < -0.39 is 6.10 Å². The third kappa shape index (κ3) is 3.76. The Labute approximate surface area is 126 Å². The van der Waals surface area contributed by atoms with E-state index in [1.54, 1.807) is 12.1 Å². The van der Waals surface area contributed by atoms with Gasteiger partial charge in [0.05, 0.1) is 18.2 Å². The first-order valence-electron chi connectivity index (χ1n) is 7.52. The molecule has 1 amide bonds. The van der Waals surface area contributed by atoms with Gasteiger partial charge in [-0.3, -0.25) is 4.79 Å². The van der Waals surface area contributed by atoms with E-state index in [0.29, 0.717) is 36.8 Å². The van der Waals surface area contributed by atoms with Gasteiger partial charge in [-0.2, -0.15) is 0 Å². The highest BCUT2D eigenvalue weighted by atomic mass is 16.5. The molecule has 2 rings (SSSR count). The maximum absolute atomic E-state index is 12.0. The second-order valence-corrected chi connectivity index (χ2v) is 6.88. The van der Waals surface area contributed by atoms with Crippen molar-refractivity contribution in [1.82, 2.24) is 5.32 Å². The zero-order valence-corrected chi connectivity index (χ0v) is 13.3. The van der Waals surface area contributed by atoms with Crippen LogP contribution in [0.15, 0.2) is 18.2 Å². The van der Waals surface area contributed by atoms with Crippen molar-refractivity contribution in [2.45, 2.75) is 40.2 Å². The Morgan fingerprint density at radius 2 is 2.10 bits per heavy atom. The van der Waals surface area contributed by atoms with E-state index >= 15 is 0 Å². The normalized spacial score (nSPS) is 18.0. The molecule has 2 unspecified atom stereocenters. The summed E-state index contributed by atoms with van der Waals surface area (Å²) in [6.07, 6.45) is 0.102. The zero-order chi connectivity index (χ0) is 15.6. The lowest BCUT2D eigenvalue weighted by Crippen LogP contribution is -2.24. The summed E-state index contributed by atoms with van der Waals surface area (Å²) in [4.78, 5) is 12.0. The van der Waals surface area contributed by atoms with Crippen LogP contribution in [0, 0.1) is 11.3 Å². The molecule has 0 radical (unpaired) electrons. The van der Waals surface area contributed by atoms with E-state index in [-0.39, 0.29) is 11.3 Å². The van der Waals surface area contributed by atoms with Crippen LogP contribution < -0.4 is 10.1 Å². The Hall–Kier alpha value is -1.55. The lowest BCUT2D eigenvalue weighted by molar-refractivity contribution is 0.0955. The van der Waals surface area contributed by atoms with E-state index in [2.05, 4.69) is 33.0 Å². The maximum Gasteiger partial charge on any atom is 0.255 e. The van der Waals surface area contributed by atoms with Gasteiger partial charge in [0.15, 0.2) is 0 Å². The molecule has 2 N–H and O–H groups in total. The molecule has 4 nitrogen and oxygen atoms in total. The number of benzene rings is 1. The fourth-order valence-corrected chi connectivity index (χ4v) is 2.30. The minimum absolute atomic E-state index is 0.139. The fraction of sp³-hybridized carbons (Fsp3) is 0.588. The molecule has 2 atom stereocenters. The number of carbonyl (C=O) groups is 1. The van der Waals surface area contributed by atoms with Crippen LogP contribution >= 0.6 is 0 Å². The lowest BCUT2D eigenvalue weighted by Gasteiger charge is -2.29. The molecule has 0 bridgehead atoms. The highest BCUT2D eigenvalue weighted by Crippen LogP contribution is 2.34. The van der Waals surface area contributed by atoms with E-state index in [1.165, 1.54) is 0 Å². The highest BCUT2D eigenvalue weighted by molar-refractivity contribution is 5.97. The number of aliphatic hydroxyl groups excluding tert-OH is 1. The van der Waals surface area contributed by atoms with Gasteiger partial charge < -0.3 is 15.2 Å². The molecule has 1 aliphatic heterocycles. The van der Waals surface area contributed by atoms with Crippen molar-refractivity contribution in [2.24, 2.45) is 11.3 Å². The van der Waals surface area contributed by atoms with Crippen molar-refractivity contribution < 1.29 is 14.6 Å². The third-order valence-electron chi connectivity index (χ3n) is 4.33. The number of nitrogens with one attached hydrogen (secondary N) is 1. The molecule has 1 heterocycles. The molecular formula is C17H25NO3. The summed E-state index contributed by atoms with van der Waals surface area (Å²) in [5, 5.41) is 13.2. The van der Waals surface area contributed by atoms with Gasteiger partial charge in [-0.15, -0.1) is 0 Å². The standard InChI is InChI=1S/C17H25NO3/c1-11(17(2,3)4)9-14(19)12-5-6-15-13(10-12)16(20)18-7-8-21-15/h5-6,10-11,14,19H,7-9H2,1-4H3,(H,18,20). The molecule has 0 aromatic heterocycles. The number of aliphatic hydroxyl groups is 1. The van der Waals surface area contributed by atoms with Crippen LogP contribution in [0.3, 0.4) is 0 Å². The van der Waals surface area contributed by atoms with Crippen LogP contribution in [0.1, 0.15) is 56.1 Å². The average molecular weight is 291 g/mol. The van der Waals surface area contributed by atoms with Gasteiger partial charge in [-0.05, 0) is 35.4 Å². The van der Waals surface area contributed by atoms with Crippen molar-refractivity contribution in [2.75, 3.05) is 13.2 Å². The third-order valence-corrected chi connectivity index (χ3v) is 4.33. The Morgan fingerprint density at radius 3 is 2.76 bits per heavy atom. The van der Waals surface area contributed by atoms with Crippen LogP contribution in [0.5, 0.6) is 5.75 Å². The van der Waals surface area contributed by atoms with E-state index in [9.17, 15) is 9.90 Å². The smallest absolute Gasteiger partial charge is 0.255 e. The Bertz CT molecular complexity index is 519. The molecule has 0 saturated heterocycles. The summed E-state index contributed by atoms with van der Waals surface area (Å²) < 4.78 is 5.52. The summed E-state index contributed by atoms with van der Waals surface area (Å²) in [6, 6.07) is 5.37. The second-order valence-electron chi connectivity index (χ2n) is 6.88. The van der Waals surface area contributed by atoms with Gasteiger partial charge in [-0.25, -0.2) is 0 Å². The lowest BCUT2D eigenvalue weighted by atomic mass is 9.78. The molecule has 1 aromatic carbocycles. The Morgan fingerprint density at radius 1 is 1.38 bits per heavy atom. The monoisotopic (exact) mass is 291 g/mol. The summed E-state index contributed by atoms with van der Waals surface area (Å²) in [7, 11) is 0. The molecule has 1 aromatic rings. The minimum Gasteiger partial charge on any atom is -0.491 e. The van der Waals surface area contributed by atoms with E-state index in [0.717, 1.165) is 5.56 Å². The van der Waals surface area contributed by atoms with Crippen LogP contribution in [-0.4, -0.2) is 24.2 Å². The predicted molar refractivity (Wildman–Crippen MR) is 82.5 cm³/mol. The number of carbonyl (C=O) groups excluding carboxylic acids is 1. The van der Waals surface area contributed by atoms with Gasteiger partial charge in [0.2, 0.25) is 0 Å². The molecule has 21 heavy (non-hydrogen) atoms. The molecule has 1 aliphatic rings. The topological polar surface area (TPSA) is 58.6 Å². The first-order chi connectivity index (χ1) is 9.79. The molecule has 0 aliphatic carbocycles. The molecule has 0 saturated carbocycles. The van der Waals surface area contributed by atoms with Crippen LogP contribution in [-0.2, 0) is 0 Å². The largest absolute Gasteiger partial charge is 0.491 e. The quantitative estimate of drug-likeness (QED) is 0.900. The van der Waals surface area contributed by atoms with Crippen molar-refractivity contribution in [3.05, 3.63) is 29.3 Å². The van der Waals surface area contributed by atoms with Crippen molar-refractivity contribution >= 4 is 5.91 Å². The Kier molecular flexibility index (Phi) is 4.57. The number of amides is 1. The Balaban J connectivity index is 2.19. The van der Waals surface area contributed by atoms with Gasteiger partial charge in [0.1, 0.15) is 12.4 Å². The summed E-state index contributed by atoms with van der Waals surface area (Å²) in [6.45, 7) is 9.63. The van der Waals surface area contributed by atoms with E-state index in [4.69, 9.17) is 4.74 Å². The molecule has 0 fully saturated rings. The van der Waals surface area contributed by atoms with Crippen LogP contribution in [0.25, 0.3) is 0 Å². The summed E-state index contributed by atoms with van der Waals surface area (Å²) in [5.41, 5.74) is 1.42. The van der Waals surface area contributed by atoms with Gasteiger partial charge in [-0.1, -0.05) is 33.8 Å². The summed E-state index contributed by atoms with van der Waals surface area (Å²) in [5.74, 6) is 0.821. The van der Waals surface area contributed by atoms with Gasteiger partial charge >= 0.3 is 0 Å². The fourth-order valence-electron chi connectivity index (χ4n) is 2.30. The van der Waals surface area contributed by atoms with Gasteiger partial charge in [0.25, 0.3) is 5.91 Å². The van der Waals surface area contributed by atoms with Crippen molar-refractivity contribution in [3.8, 4) is 5.75 Å². The number of hydrogen-bond donors (Lipinski definition) is 2.